The van der Waals surface area contributed by atoms with E-state index >= 15 is 0 Å². The second kappa shape index (κ2) is 6.99. The van der Waals surface area contributed by atoms with Gasteiger partial charge in [0.2, 0.25) is 0 Å². The molecule has 1 rings (SSSR count). The van der Waals surface area contributed by atoms with Gasteiger partial charge in [0.05, 0.1) is 0 Å². The molecule has 0 amide bonds. The predicted octanol–water partition coefficient (Wildman–Crippen LogP) is 4.83. The van der Waals surface area contributed by atoms with Gasteiger partial charge in [0.1, 0.15) is 11.6 Å². The summed E-state index contributed by atoms with van der Waals surface area (Å²) in [7, 11) is 0. The lowest BCUT2D eigenvalue weighted by molar-refractivity contribution is 0.328. The van der Waals surface area contributed by atoms with Crippen molar-refractivity contribution in [3.63, 3.8) is 0 Å². The van der Waals surface area contributed by atoms with Crippen LogP contribution in [0.15, 0.2) is 18.2 Å². The molecule has 0 bridgehead atoms. The minimum atomic E-state index is -0.379. The Morgan fingerprint density at radius 1 is 1.21 bits per heavy atom. The molecule has 108 valence electrons. The summed E-state index contributed by atoms with van der Waals surface area (Å²) >= 11 is 0. The minimum absolute atomic E-state index is 0.116. The summed E-state index contributed by atoms with van der Waals surface area (Å²) in [4.78, 5) is 0. The van der Waals surface area contributed by atoms with E-state index < -0.39 is 0 Å². The van der Waals surface area contributed by atoms with Gasteiger partial charge in [0.25, 0.3) is 0 Å². The van der Waals surface area contributed by atoms with Gasteiger partial charge in [-0.3, -0.25) is 0 Å². The Labute approximate surface area is 115 Å². The number of benzene rings is 1. The van der Waals surface area contributed by atoms with Gasteiger partial charge >= 0.3 is 0 Å². The molecule has 0 fully saturated rings. The van der Waals surface area contributed by atoms with Crippen LogP contribution in [0.1, 0.15) is 58.6 Å². The normalized spacial score (nSPS) is 13.6. The molecular formula is C16H25F2N. The molecule has 0 aliphatic carbocycles. The average Bonchev–Trinajstić information content (AvgIpc) is 2.32. The molecule has 1 atom stereocenters. The van der Waals surface area contributed by atoms with E-state index in [1.807, 2.05) is 0 Å². The first-order valence-electron chi connectivity index (χ1n) is 7.02. The Morgan fingerprint density at radius 2 is 1.89 bits per heavy atom. The third kappa shape index (κ3) is 5.68. The maximum Gasteiger partial charge on any atom is 0.128 e. The van der Waals surface area contributed by atoms with E-state index in [1.165, 1.54) is 18.2 Å². The van der Waals surface area contributed by atoms with Crippen LogP contribution >= 0.6 is 0 Å². The van der Waals surface area contributed by atoms with Crippen LogP contribution in [0.4, 0.5) is 8.78 Å². The number of hydrogen-bond donors (Lipinski definition) is 1. The van der Waals surface area contributed by atoms with E-state index in [0.717, 1.165) is 25.8 Å². The van der Waals surface area contributed by atoms with Crippen LogP contribution in [-0.4, -0.2) is 6.54 Å². The molecule has 0 aliphatic rings. The molecule has 0 heterocycles. The average molecular weight is 269 g/mol. The van der Waals surface area contributed by atoms with E-state index in [1.54, 1.807) is 0 Å². The molecule has 0 saturated carbocycles. The van der Waals surface area contributed by atoms with Gasteiger partial charge in [-0.05, 0) is 49.4 Å². The Bertz CT molecular complexity index is 396. The van der Waals surface area contributed by atoms with Crippen LogP contribution in [0.5, 0.6) is 0 Å². The quantitative estimate of drug-likeness (QED) is 0.779. The second-order valence-corrected chi connectivity index (χ2v) is 6.27. The zero-order valence-corrected chi connectivity index (χ0v) is 12.4. The summed E-state index contributed by atoms with van der Waals surface area (Å²) < 4.78 is 27.2. The summed E-state index contributed by atoms with van der Waals surface area (Å²) in [5, 5.41) is 3.32. The number of hydrogen-bond acceptors (Lipinski definition) is 1. The van der Waals surface area contributed by atoms with Crippen LogP contribution in [0.3, 0.4) is 0 Å². The van der Waals surface area contributed by atoms with Crippen molar-refractivity contribution in [3.8, 4) is 0 Å². The van der Waals surface area contributed by atoms with Crippen molar-refractivity contribution < 1.29 is 8.78 Å². The Hall–Kier alpha value is -0.960. The van der Waals surface area contributed by atoms with E-state index in [0.29, 0.717) is 5.56 Å². The van der Waals surface area contributed by atoms with Gasteiger partial charge in [-0.1, -0.05) is 27.7 Å². The second-order valence-electron chi connectivity index (χ2n) is 6.27. The molecule has 0 aliphatic heterocycles. The van der Waals surface area contributed by atoms with E-state index in [2.05, 4.69) is 33.0 Å². The zero-order valence-electron chi connectivity index (χ0n) is 12.4. The summed E-state index contributed by atoms with van der Waals surface area (Å²) in [6.07, 6.45) is 2.75. The van der Waals surface area contributed by atoms with Crippen LogP contribution in [0.2, 0.25) is 0 Å². The highest BCUT2D eigenvalue weighted by atomic mass is 19.1. The van der Waals surface area contributed by atoms with Crippen molar-refractivity contribution in [3.05, 3.63) is 35.4 Å². The largest absolute Gasteiger partial charge is 0.310 e. The zero-order chi connectivity index (χ0) is 14.5. The van der Waals surface area contributed by atoms with Crippen LogP contribution < -0.4 is 5.32 Å². The molecule has 1 N–H and O–H groups in total. The fourth-order valence-electron chi connectivity index (χ4n) is 2.05. The standard InChI is InChI=1S/C16H25F2N/c1-5-10-19-15(8-9-16(2,3)4)13-11-12(17)6-7-14(13)18/h6-7,11,15,19H,5,8-10H2,1-4H3. The van der Waals surface area contributed by atoms with Crippen LogP contribution in [0, 0.1) is 17.0 Å². The summed E-state index contributed by atoms with van der Waals surface area (Å²) in [5.41, 5.74) is 0.633. The van der Waals surface area contributed by atoms with Crippen molar-refractivity contribution in [2.75, 3.05) is 6.54 Å². The lowest BCUT2D eigenvalue weighted by Gasteiger charge is -2.24. The SMILES string of the molecule is CCCNC(CCC(C)(C)C)c1cc(F)ccc1F. The molecule has 1 unspecified atom stereocenters. The van der Waals surface area contributed by atoms with Gasteiger partial charge < -0.3 is 5.32 Å². The Kier molecular flexibility index (Phi) is 5.92. The molecule has 3 heteroatoms. The van der Waals surface area contributed by atoms with Gasteiger partial charge in [0.15, 0.2) is 0 Å². The van der Waals surface area contributed by atoms with Crippen molar-refractivity contribution in [2.45, 2.75) is 53.0 Å². The van der Waals surface area contributed by atoms with Gasteiger partial charge in [-0.15, -0.1) is 0 Å². The third-order valence-electron chi connectivity index (χ3n) is 3.16. The summed E-state index contributed by atoms with van der Waals surface area (Å²) in [5.74, 6) is -0.709. The topological polar surface area (TPSA) is 12.0 Å². The van der Waals surface area contributed by atoms with Gasteiger partial charge in [-0.25, -0.2) is 8.78 Å². The molecule has 1 nitrogen and oxygen atoms in total. The molecular weight excluding hydrogens is 244 g/mol. The monoisotopic (exact) mass is 269 g/mol. The summed E-state index contributed by atoms with van der Waals surface area (Å²) in [6, 6.07) is 3.57. The highest BCUT2D eigenvalue weighted by Gasteiger charge is 2.19. The first kappa shape index (κ1) is 16.1. The molecule has 1 aromatic carbocycles. The third-order valence-corrected chi connectivity index (χ3v) is 3.16. The fourth-order valence-corrected chi connectivity index (χ4v) is 2.05. The Balaban J connectivity index is 2.85. The van der Waals surface area contributed by atoms with E-state index in [9.17, 15) is 8.78 Å². The van der Waals surface area contributed by atoms with Crippen LogP contribution in [0.25, 0.3) is 0 Å². The molecule has 19 heavy (non-hydrogen) atoms. The van der Waals surface area contributed by atoms with Crippen molar-refractivity contribution >= 4 is 0 Å². The van der Waals surface area contributed by atoms with Crippen LogP contribution in [-0.2, 0) is 0 Å². The lowest BCUT2D eigenvalue weighted by Crippen LogP contribution is -2.24. The van der Waals surface area contributed by atoms with Crippen molar-refractivity contribution in [2.24, 2.45) is 5.41 Å². The highest BCUT2D eigenvalue weighted by Crippen LogP contribution is 2.29. The van der Waals surface area contributed by atoms with Gasteiger partial charge in [-0.2, -0.15) is 0 Å². The lowest BCUT2D eigenvalue weighted by atomic mass is 9.87. The van der Waals surface area contributed by atoms with Crippen molar-refractivity contribution in [1.29, 1.82) is 0 Å². The smallest absolute Gasteiger partial charge is 0.128 e. The molecule has 0 spiro atoms. The van der Waals surface area contributed by atoms with Gasteiger partial charge in [0, 0.05) is 11.6 Å². The van der Waals surface area contributed by atoms with Crippen molar-refractivity contribution in [1.82, 2.24) is 5.32 Å². The molecule has 0 saturated heterocycles. The number of nitrogens with one attached hydrogen (secondary N) is 1. The fraction of sp³-hybridized carbons (Fsp3) is 0.625. The predicted molar refractivity (Wildman–Crippen MR) is 76.1 cm³/mol. The summed E-state index contributed by atoms with van der Waals surface area (Å²) in [6.45, 7) is 9.35. The first-order chi connectivity index (χ1) is 8.83. The minimum Gasteiger partial charge on any atom is -0.310 e. The maximum absolute atomic E-state index is 13.9. The number of rotatable bonds is 6. The number of halogens is 2. The molecule has 0 aromatic heterocycles. The Morgan fingerprint density at radius 3 is 2.47 bits per heavy atom. The molecule has 0 radical (unpaired) electrons. The maximum atomic E-state index is 13.9. The van der Waals surface area contributed by atoms with E-state index in [4.69, 9.17) is 0 Å². The molecule has 1 aromatic rings. The highest BCUT2D eigenvalue weighted by molar-refractivity contribution is 5.22. The first-order valence-corrected chi connectivity index (χ1v) is 7.02. The van der Waals surface area contributed by atoms with E-state index in [-0.39, 0.29) is 23.1 Å².